The summed E-state index contributed by atoms with van der Waals surface area (Å²) < 4.78 is 13.3. The van der Waals surface area contributed by atoms with E-state index in [9.17, 15) is 9.18 Å². The second kappa shape index (κ2) is 7.01. The van der Waals surface area contributed by atoms with E-state index in [0.717, 1.165) is 0 Å². The number of aliphatic carboxylic acids is 1. The Morgan fingerprint density at radius 2 is 2.18 bits per heavy atom. The van der Waals surface area contributed by atoms with Crippen LogP contribution in [0.15, 0.2) is 24.3 Å². The highest BCUT2D eigenvalue weighted by Crippen LogP contribution is 2.08. The van der Waals surface area contributed by atoms with Crippen molar-refractivity contribution >= 4 is 5.97 Å². The highest BCUT2D eigenvalue weighted by atomic mass is 19.1. The first-order valence-corrected chi connectivity index (χ1v) is 5.78. The molecule has 0 saturated heterocycles. The molecule has 2 N–H and O–H groups in total. The fourth-order valence-corrected chi connectivity index (χ4v) is 1.65. The van der Waals surface area contributed by atoms with Crippen molar-refractivity contribution in [3.63, 3.8) is 0 Å². The summed E-state index contributed by atoms with van der Waals surface area (Å²) >= 11 is 0. The van der Waals surface area contributed by atoms with Crippen molar-refractivity contribution in [1.29, 1.82) is 0 Å². The van der Waals surface area contributed by atoms with Crippen LogP contribution in [-0.2, 0) is 11.2 Å². The second-order valence-electron chi connectivity index (χ2n) is 4.15. The molecule has 0 spiro atoms. The number of hydrogen-bond donors (Lipinski definition) is 2. The lowest BCUT2D eigenvalue weighted by molar-refractivity contribution is -0.137. The van der Waals surface area contributed by atoms with Crippen LogP contribution >= 0.6 is 0 Å². The first-order valence-electron chi connectivity index (χ1n) is 5.78. The number of carboxylic acid groups (broad SMARTS) is 1. The third-order valence-corrected chi connectivity index (χ3v) is 2.54. The molecular weight excluding hydrogens is 221 g/mol. The Kier molecular flexibility index (Phi) is 5.63. The maximum Gasteiger partial charge on any atom is 0.303 e. The van der Waals surface area contributed by atoms with Gasteiger partial charge in [0.1, 0.15) is 5.82 Å². The van der Waals surface area contributed by atoms with Gasteiger partial charge in [0.25, 0.3) is 0 Å². The summed E-state index contributed by atoms with van der Waals surface area (Å²) in [6.07, 6.45) is 1.37. The van der Waals surface area contributed by atoms with Gasteiger partial charge in [0, 0.05) is 12.5 Å². The van der Waals surface area contributed by atoms with Crippen molar-refractivity contribution in [2.45, 2.75) is 32.2 Å². The average Bonchev–Trinajstić information content (AvgIpc) is 2.27. The molecule has 0 aliphatic rings. The first kappa shape index (κ1) is 13.6. The zero-order chi connectivity index (χ0) is 12.7. The maximum atomic E-state index is 13.3. The Bertz CT molecular complexity index is 368. The molecule has 1 aromatic carbocycles. The summed E-state index contributed by atoms with van der Waals surface area (Å²) in [6, 6.07) is 6.84. The van der Waals surface area contributed by atoms with Crippen LogP contribution in [0.25, 0.3) is 0 Å². The van der Waals surface area contributed by atoms with Crippen molar-refractivity contribution in [2.24, 2.45) is 0 Å². The van der Waals surface area contributed by atoms with Gasteiger partial charge in [0.15, 0.2) is 0 Å². The highest BCUT2D eigenvalue weighted by molar-refractivity contribution is 5.66. The van der Waals surface area contributed by atoms with Crippen LogP contribution in [0.5, 0.6) is 0 Å². The first-order chi connectivity index (χ1) is 8.09. The molecule has 0 radical (unpaired) electrons. The van der Waals surface area contributed by atoms with E-state index in [1.165, 1.54) is 6.07 Å². The number of nitrogens with one attached hydrogen (secondary N) is 1. The van der Waals surface area contributed by atoms with Gasteiger partial charge >= 0.3 is 5.97 Å². The van der Waals surface area contributed by atoms with E-state index in [1.54, 1.807) is 12.1 Å². The van der Waals surface area contributed by atoms with E-state index in [-0.39, 0.29) is 18.3 Å². The van der Waals surface area contributed by atoms with Crippen LogP contribution in [0.3, 0.4) is 0 Å². The fourth-order valence-electron chi connectivity index (χ4n) is 1.65. The molecule has 17 heavy (non-hydrogen) atoms. The normalized spacial score (nSPS) is 12.4. The van der Waals surface area contributed by atoms with E-state index < -0.39 is 5.97 Å². The number of carbonyl (C=O) groups is 1. The third-order valence-electron chi connectivity index (χ3n) is 2.54. The SMILES string of the molecule is CC(Cc1ccccc1F)NCCCC(=O)O. The average molecular weight is 239 g/mol. The quantitative estimate of drug-likeness (QED) is 0.717. The minimum Gasteiger partial charge on any atom is -0.481 e. The lowest BCUT2D eigenvalue weighted by Gasteiger charge is -2.13. The van der Waals surface area contributed by atoms with Gasteiger partial charge in [-0.3, -0.25) is 4.79 Å². The second-order valence-corrected chi connectivity index (χ2v) is 4.15. The van der Waals surface area contributed by atoms with E-state index >= 15 is 0 Å². The van der Waals surface area contributed by atoms with Gasteiger partial charge in [-0.25, -0.2) is 4.39 Å². The summed E-state index contributed by atoms with van der Waals surface area (Å²) in [5.41, 5.74) is 0.686. The van der Waals surface area contributed by atoms with E-state index in [1.807, 2.05) is 13.0 Å². The minimum atomic E-state index is -0.784. The van der Waals surface area contributed by atoms with Crippen LogP contribution in [0.4, 0.5) is 4.39 Å². The van der Waals surface area contributed by atoms with Gasteiger partial charge in [-0.15, -0.1) is 0 Å². The van der Waals surface area contributed by atoms with Crippen molar-refractivity contribution in [3.8, 4) is 0 Å². The lowest BCUT2D eigenvalue weighted by Crippen LogP contribution is -2.29. The van der Waals surface area contributed by atoms with Crippen LogP contribution < -0.4 is 5.32 Å². The number of hydrogen-bond acceptors (Lipinski definition) is 2. The molecule has 0 saturated carbocycles. The van der Waals surface area contributed by atoms with Crippen molar-refractivity contribution in [3.05, 3.63) is 35.6 Å². The molecule has 94 valence electrons. The molecule has 0 heterocycles. The van der Waals surface area contributed by atoms with Gasteiger partial charge in [0.2, 0.25) is 0 Å². The lowest BCUT2D eigenvalue weighted by atomic mass is 10.1. The fraction of sp³-hybridized carbons (Fsp3) is 0.462. The van der Waals surface area contributed by atoms with Crippen LogP contribution in [0.2, 0.25) is 0 Å². The predicted molar refractivity (Wildman–Crippen MR) is 64.4 cm³/mol. The summed E-state index contributed by atoms with van der Waals surface area (Å²) in [5, 5.41) is 11.7. The van der Waals surface area contributed by atoms with Crippen LogP contribution in [0, 0.1) is 5.82 Å². The minimum absolute atomic E-state index is 0.140. The monoisotopic (exact) mass is 239 g/mol. The molecule has 1 aromatic rings. The molecule has 0 fully saturated rings. The molecule has 0 amide bonds. The molecule has 1 atom stereocenters. The Balaban J connectivity index is 2.27. The van der Waals surface area contributed by atoms with Gasteiger partial charge in [-0.1, -0.05) is 18.2 Å². The molecule has 1 unspecified atom stereocenters. The molecular formula is C13H18FNO2. The van der Waals surface area contributed by atoms with Crippen LogP contribution in [0.1, 0.15) is 25.3 Å². The molecule has 0 aliphatic heterocycles. The van der Waals surface area contributed by atoms with Gasteiger partial charge in [0.05, 0.1) is 0 Å². The van der Waals surface area contributed by atoms with Gasteiger partial charge < -0.3 is 10.4 Å². The zero-order valence-corrected chi connectivity index (χ0v) is 9.95. The predicted octanol–water partition coefficient (Wildman–Crippen LogP) is 2.21. The Labute approximate surface area is 101 Å². The van der Waals surface area contributed by atoms with E-state index in [2.05, 4.69) is 5.32 Å². The number of rotatable bonds is 7. The van der Waals surface area contributed by atoms with Gasteiger partial charge in [-0.05, 0) is 37.9 Å². The Hall–Kier alpha value is -1.42. The number of carboxylic acids is 1. The zero-order valence-electron chi connectivity index (χ0n) is 9.95. The molecule has 3 nitrogen and oxygen atoms in total. The van der Waals surface area contributed by atoms with Crippen molar-refractivity contribution in [1.82, 2.24) is 5.32 Å². The number of benzene rings is 1. The van der Waals surface area contributed by atoms with E-state index in [0.29, 0.717) is 24.9 Å². The molecule has 4 heteroatoms. The molecule has 0 aliphatic carbocycles. The summed E-state index contributed by atoms with van der Waals surface area (Å²) in [5.74, 6) is -0.972. The van der Waals surface area contributed by atoms with Crippen LogP contribution in [-0.4, -0.2) is 23.7 Å². The molecule has 1 rings (SSSR count). The molecule has 0 aromatic heterocycles. The smallest absolute Gasteiger partial charge is 0.303 e. The van der Waals surface area contributed by atoms with Crippen molar-refractivity contribution < 1.29 is 14.3 Å². The Morgan fingerprint density at radius 1 is 1.47 bits per heavy atom. The number of halogens is 1. The van der Waals surface area contributed by atoms with Gasteiger partial charge in [-0.2, -0.15) is 0 Å². The standard InChI is InChI=1S/C13H18FNO2/c1-10(15-8-4-7-13(16)17)9-11-5-2-3-6-12(11)14/h2-3,5-6,10,15H,4,7-9H2,1H3,(H,16,17). The van der Waals surface area contributed by atoms with E-state index in [4.69, 9.17) is 5.11 Å². The molecule has 0 bridgehead atoms. The third kappa shape index (κ3) is 5.45. The van der Waals surface area contributed by atoms with Crippen molar-refractivity contribution in [2.75, 3.05) is 6.54 Å². The Morgan fingerprint density at radius 3 is 2.82 bits per heavy atom. The summed E-state index contributed by atoms with van der Waals surface area (Å²) in [7, 11) is 0. The topological polar surface area (TPSA) is 49.3 Å². The highest BCUT2D eigenvalue weighted by Gasteiger charge is 2.06. The summed E-state index contributed by atoms with van der Waals surface area (Å²) in [6.45, 7) is 2.61. The maximum absolute atomic E-state index is 13.3. The summed E-state index contributed by atoms with van der Waals surface area (Å²) in [4.78, 5) is 10.3. The largest absolute Gasteiger partial charge is 0.481 e.